The number of hydrogen-bond donors (Lipinski definition) is 1. The van der Waals surface area contributed by atoms with Crippen molar-refractivity contribution in [3.05, 3.63) is 0 Å². The number of amides is 2. The number of rotatable bonds is 7. The van der Waals surface area contributed by atoms with Gasteiger partial charge in [-0.25, -0.2) is 4.79 Å². The lowest BCUT2D eigenvalue weighted by Gasteiger charge is -2.30. The number of hydrogen-bond acceptors (Lipinski definition) is 4. The molecule has 0 atom stereocenters. The molecule has 0 heterocycles. The van der Waals surface area contributed by atoms with Gasteiger partial charge in [0.25, 0.3) is 0 Å². The van der Waals surface area contributed by atoms with Crippen LogP contribution in [-0.4, -0.2) is 66.3 Å². The molecule has 0 bridgehead atoms. The van der Waals surface area contributed by atoms with E-state index < -0.39 is 5.60 Å². The van der Waals surface area contributed by atoms with Gasteiger partial charge in [0.1, 0.15) is 5.60 Å². The zero-order chi connectivity index (χ0) is 19.0. The summed E-state index contributed by atoms with van der Waals surface area (Å²) in [7, 11) is 3.53. The van der Waals surface area contributed by atoms with E-state index in [0.29, 0.717) is 31.3 Å². The molecule has 6 heteroatoms. The second-order valence-electron chi connectivity index (χ2n) is 8.32. The normalized spacial score (nSPS) is 20.9. The van der Waals surface area contributed by atoms with E-state index in [-0.39, 0.29) is 18.6 Å². The molecule has 0 saturated heterocycles. The molecule has 1 saturated carbocycles. The Kier molecular flexibility index (Phi) is 8.69. The first-order valence-electron chi connectivity index (χ1n) is 9.41. The summed E-state index contributed by atoms with van der Waals surface area (Å²) < 4.78 is 5.37. The molecule has 0 spiro atoms. The molecule has 0 aromatic heterocycles. The molecule has 0 aromatic rings. The quantitative estimate of drug-likeness (QED) is 0.761. The van der Waals surface area contributed by atoms with Crippen LogP contribution in [-0.2, 0) is 9.53 Å². The Morgan fingerprint density at radius 2 is 1.56 bits per heavy atom. The molecule has 0 aliphatic heterocycles. The van der Waals surface area contributed by atoms with Crippen LogP contribution in [0.5, 0.6) is 0 Å². The standard InChI is InChI=1S/C19H36N2O4/c1-19(2,3)25-18(24)21(5)11-10-15-6-8-16(9-7-15)14-17(23)20(4)12-13-22/h15-16,22H,6-14H2,1-5H3. The van der Waals surface area contributed by atoms with Crippen LogP contribution in [0.2, 0.25) is 0 Å². The summed E-state index contributed by atoms with van der Waals surface area (Å²) in [6, 6.07) is 0. The molecule has 0 radical (unpaired) electrons. The summed E-state index contributed by atoms with van der Waals surface area (Å²) in [5.74, 6) is 1.20. The number of carbonyl (C=O) groups is 2. The lowest BCUT2D eigenvalue weighted by atomic mass is 9.79. The fourth-order valence-electron chi connectivity index (χ4n) is 3.21. The summed E-state index contributed by atoms with van der Waals surface area (Å²) in [6.07, 6.45) is 5.67. The minimum absolute atomic E-state index is 0.0140. The first-order valence-corrected chi connectivity index (χ1v) is 9.41. The maximum absolute atomic E-state index is 12.0. The number of carbonyl (C=O) groups excluding carboxylic acids is 2. The van der Waals surface area contributed by atoms with Crippen LogP contribution in [0.15, 0.2) is 0 Å². The molecule has 1 fully saturated rings. The lowest BCUT2D eigenvalue weighted by Crippen LogP contribution is -2.35. The number of nitrogens with zero attached hydrogens (tertiary/aromatic N) is 2. The first kappa shape index (κ1) is 21.7. The van der Waals surface area contributed by atoms with Crippen molar-refractivity contribution in [2.45, 2.75) is 64.9 Å². The van der Waals surface area contributed by atoms with Crippen LogP contribution in [0.25, 0.3) is 0 Å². The van der Waals surface area contributed by atoms with Crippen molar-refractivity contribution < 1.29 is 19.4 Å². The second kappa shape index (κ2) is 10.00. The van der Waals surface area contributed by atoms with Gasteiger partial charge in [-0.15, -0.1) is 0 Å². The number of likely N-dealkylation sites (N-methyl/N-ethyl adjacent to an activating group) is 1. The average Bonchev–Trinajstić information content (AvgIpc) is 2.52. The second-order valence-corrected chi connectivity index (χ2v) is 8.32. The van der Waals surface area contributed by atoms with Gasteiger partial charge in [-0.3, -0.25) is 4.79 Å². The highest BCUT2D eigenvalue weighted by Gasteiger charge is 2.25. The lowest BCUT2D eigenvalue weighted by molar-refractivity contribution is -0.131. The van der Waals surface area contributed by atoms with Gasteiger partial charge < -0.3 is 19.6 Å². The molecular weight excluding hydrogens is 320 g/mol. The Balaban J connectivity index is 2.26. The largest absolute Gasteiger partial charge is 0.444 e. The summed E-state index contributed by atoms with van der Waals surface area (Å²) in [5, 5.41) is 8.90. The average molecular weight is 357 g/mol. The van der Waals surface area contributed by atoms with Gasteiger partial charge in [-0.2, -0.15) is 0 Å². The molecule has 6 nitrogen and oxygen atoms in total. The van der Waals surface area contributed by atoms with Crippen LogP contribution < -0.4 is 0 Å². The molecule has 2 amide bonds. The Hall–Kier alpha value is -1.30. The van der Waals surface area contributed by atoms with Crippen molar-refractivity contribution in [2.24, 2.45) is 11.8 Å². The van der Waals surface area contributed by atoms with Gasteiger partial charge in [-0.1, -0.05) is 12.8 Å². The fourth-order valence-corrected chi connectivity index (χ4v) is 3.21. The van der Waals surface area contributed by atoms with E-state index in [1.807, 2.05) is 20.8 Å². The zero-order valence-corrected chi connectivity index (χ0v) is 16.6. The third-order valence-corrected chi connectivity index (χ3v) is 4.87. The number of ether oxygens (including phenoxy) is 1. The smallest absolute Gasteiger partial charge is 0.410 e. The van der Waals surface area contributed by atoms with E-state index in [2.05, 4.69) is 0 Å². The van der Waals surface area contributed by atoms with Crippen molar-refractivity contribution in [2.75, 3.05) is 33.8 Å². The molecule has 1 aliphatic carbocycles. The van der Waals surface area contributed by atoms with Crippen LogP contribution in [0.3, 0.4) is 0 Å². The topological polar surface area (TPSA) is 70.1 Å². The number of aliphatic hydroxyl groups is 1. The highest BCUT2D eigenvalue weighted by molar-refractivity contribution is 5.76. The highest BCUT2D eigenvalue weighted by Crippen LogP contribution is 2.33. The maximum atomic E-state index is 12.0. The molecule has 146 valence electrons. The van der Waals surface area contributed by atoms with Gasteiger partial charge >= 0.3 is 6.09 Å². The molecule has 0 aromatic carbocycles. The summed E-state index contributed by atoms with van der Waals surface area (Å²) in [6.45, 7) is 6.76. The Morgan fingerprint density at radius 1 is 1.00 bits per heavy atom. The third kappa shape index (κ3) is 8.56. The van der Waals surface area contributed by atoms with E-state index in [0.717, 1.165) is 32.1 Å². The van der Waals surface area contributed by atoms with E-state index in [9.17, 15) is 9.59 Å². The monoisotopic (exact) mass is 356 g/mol. The van der Waals surface area contributed by atoms with Gasteiger partial charge in [0.2, 0.25) is 5.91 Å². The van der Waals surface area contributed by atoms with Gasteiger partial charge in [0.05, 0.1) is 6.61 Å². The summed E-state index contributed by atoms with van der Waals surface area (Å²) in [4.78, 5) is 27.3. The van der Waals surface area contributed by atoms with Gasteiger partial charge in [-0.05, 0) is 51.9 Å². The molecule has 1 aliphatic rings. The van der Waals surface area contributed by atoms with Crippen molar-refractivity contribution in [1.82, 2.24) is 9.80 Å². The summed E-state index contributed by atoms with van der Waals surface area (Å²) >= 11 is 0. The molecule has 0 unspecified atom stereocenters. The van der Waals surface area contributed by atoms with Crippen molar-refractivity contribution in [1.29, 1.82) is 0 Å². The van der Waals surface area contributed by atoms with Crippen LogP contribution in [0.1, 0.15) is 59.3 Å². The van der Waals surface area contributed by atoms with E-state index >= 15 is 0 Å². The SMILES string of the molecule is CN(CCO)C(=O)CC1CCC(CCN(C)C(=O)OC(C)(C)C)CC1. The van der Waals surface area contributed by atoms with E-state index in [1.54, 1.807) is 23.9 Å². The zero-order valence-electron chi connectivity index (χ0n) is 16.6. The third-order valence-electron chi connectivity index (χ3n) is 4.87. The Morgan fingerprint density at radius 3 is 2.08 bits per heavy atom. The van der Waals surface area contributed by atoms with Gasteiger partial charge in [0.15, 0.2) is 0 Å². The molecule has 25 heavy (non-hydrogen) atoms. The van der Waals surface area contributed by atoms with Crippen LogP contribution in [0.4, 0.5) is 4.79 Å². The van der Waals surface area contributed by atoms with Crippen molar-refractivity contribution in [3.8, 4) is 0 Å². The van der Waals surface area contributed by atoms with Crippen molar-refractivity contribution >= 4 is 12.0 Å². The van der Waals surface area contributed by atoms with E-state index in [1.165, 1.54) is 0 Å². The number of aliphatic hydroxyl groups excluding tert-OH is 1. The minimum atomic E-state index is -0.459. The molecule has 1 N–H and O–H groups in total. The molecule has 1 rings (SSSR count). The minimum Gasteiger partial charge on any atom is -0.444 e. The van der Waals surface area contributed by atoms with Gasteiger partial charge in [0, 0.05) is 33.6 Å². The summed E-state index contributed by atoms with van der Waals surface area (Å²) in [5.41, 5.74) is -0.459. The predicted octanol–water partition coefficient (Wildman–Crippen LogP) is 2.89. The first-order chi connectivity index (χ1) is 11.6. The predicted molar refractivity (Wildman–Crippen MR) is 98.3 cm³/mol. The maximum Gasteiger partial charge on any atom is 0.410 e. The van der Waals surface area contributed by atoms with Crippen LogP contribution in [0, 0.1) is 11.8 Å². The Labute approximate surface area is 152 Å². The fraction of sp³-hybridized carbons (Fsp3) is 0.895. The van der Waals surface area contributed by atoms with Crippen molar-refractivity contribution in [3.63, 3.8) is 0 Å². The Bertz CT molecular complexity index is 426. The van der Waals surface area contributed by atoms with Crippen LogP contribution >= 0.6 is 0 Å². The highest BCUT2D eigenvalue weighted by atomic mass is 16.6. The molecular formula is C19H36N2O4. The van der Waals surface area contributed by atoms with E-state index in [4.69, 9.17) is 9.84 Å².